The van der Waals surface area contributed by atoms with Crippen molar-refractivity contribution in [2.45, 2.75) is 6.42 Å². The van der Waals surface area contributed by atoms with E-state index in [-0.39, 0.29) is 0 Å². The standard InChI is InChI=1S/C14H17NO3/c1-15-7-5-4-6-11-8-13(17-2)14(18-3)9-12(11)10-16/h8-10,15H,5,7H2,1-3H3. The monoisotopic (exact) mass is 247 g/mol. The molecule has 0 bridgehead atoms. The fraction of sp³-hybridized carbons (Fsp3) is 0.357. The normalized spacial score (nSPS) is 9.28. The second kappa shape index (κ2) is 7.36. The topological polar surface area (TPSA) is 47.6 Å². The van der Waals surface area contributed by atoms with E-state index < -0.39 is 0 Å². The van der Waals surface area contributed by atoms with Crippen LogP contribution in [0.25, 0.3) is 0 Å². The quantitative estimate of drug-likeness (QED) is 0.486. The van der Waals surface area contributed by atoms with Crippen molar-refractivity contribution >= 4 is 6.29 Å². The van der Waals surface area contributed by atoms with Gasteiger partial charge in [-0.1, -0.05) is 11.8 Å². The number of hydrogen-bond donors (Lipinski definition) is 1. The highest BCUT2D eigenvalue weighted by molar-refractivity contribution is 5.81. The summed E-state index contributed by atoms with van der Waals surface area (Å²) in [7, 11) is 4.95. The van der Waals surface area contributed by atoms with Gasteiger partial charge < -0.3 is 14.8 Å². The van der Waals surface area contributed by atoms with E-state index in [1.165, 1.54) is 7.11 Å². The third kappa shape index (κ3) is 3.51. The highest BCUT2D eigenvalue weighted by Gasteiger charge is 2.08. The van der Waals surface area contributed by atoms with E-state index in [0.29, 0.717) is 22.6 Å². The number of hydrogen-bond acceptors (Lipinski definition) is 4. The Kier molecular flexibility index (Phi) is 5.75. The van der Waals surface area contributed by atoms with Crippen molar-refractivity contribution in [2.24, 2.45) is 0 Å². The van der Waals surface area contributed by atoms with Gasteiger partial charge in [0.05, 0.1) is 14.2 Å². The number of ether oxygens (including phenoxy) is 2. The van der Waals surface area contributed by atoms with Crippen molar-refractivity contribution < 1.29 is 14.3 Å². The van der Waals surface area contributed by atoms with Crippen LogP contribution < -0.4 is 14.8 Å². The SMILES string of the molecule is CNCCC#Cc1cc(OC)c(OC)cc1C=O. The summed E-state index contributed by atoms with van der Waals surface area (Å²) in [4.78, 5) is 11.0. The predicted molar refractivity (Wildman–Crippen MR) is 70.4 cm³/mol. The number of nitrogens with one attached hydrogen (secondary N) is 1. The van der Waals surface area contributed by atoms with E-state index in [2.05, 4.69) is 17.2 Å². The van der Waals surface area contributed by atoms with Gasteiger partial charge in [-0.05, 0) is 13.1 Å². The van der Waals surface area contributed by atoms with E-state index in [1.807, 2.05) is 7.05 Å². The van der Waals surface area contributed by atoms with Gasteiger partial charge in [0, 0.05) is 30.2 Å². The van der Waals surface area contributed by atoms with Gasteiger partial charge in [0.15, 0.2) is 17.8 Å². The van der Waals surface area contributed by atoms with Crippen molar-refractivity contribution in [3.05, 3.63) is 23.3 Å². The molecule has 0 aliphatic heterocycles. The van der Waals surface area contributed by atoms with Gasteiger partial charge in [-0.15, -0.1) is 0 Å². The number of methoxy groups -OCH3 is 2. The molecule has 18 heavy (non-hydrogen) atoms. The molecule has 0 aliphatic rings. The summed E-state index contributed by atoms with van der Waals surface area (Å²) in [6, 6.07) is 3.35. The van der Waals surface area contributed by atoms with Crippen molar-refractivity contribution in [1.29, 1.82) is 0 Å². The van der Waals surface area contributed by atoms with Crippen molar-refractivity contribution in [2.75, 3.05) is 27.8 Å². The Morgan fingerprint density at radius 3 is 2.50 bits per heavy atom. The van der Waals surface area contributed by atoms with E-state index in [1.54, 1.807) is 19.2 Å². The highest BCUT2D eigenvalue weighted by atomic mass is 16.5. The van der Waals surface area contributed by atoms with Crippen LogP contribution in [0, 0.1) is 11.8 Å². The predicted octanol–water partition coefficient (Wildman–Crippen LogP) is 1.48. The summed E-state index contributed by atoms with van der Waals surface area (Å²) in [6.07, 6.45) is 1.49. The third-order valence-corrected chi connectivity index (χ3v) is 2.41. The third-order valence-electron chi connectivity index (χ3n) is 2.41. The van der Waals surface area contributed by atoms with E-state index >= 15 is 0 Å². The molecule has 0 saturated heterocycles. The minimum atomic E-state index is 0.504. The van der Waals surface area contributed by atoms with Crippen LogP contribution in [0.4, 0.5) is 0 Å². The van der Waals surface area contributed by atoms with Crippen LogP contribution in [0.1, 0.15) is 22.3 Å². The van der Waals surface area contributed by atoms with Gasteiger partial charge in [0.1, 0.15) is 0 Å². The molecule has 1 rings (SSSR count). The average molecular weight is 247 g/mol. The molecule has 4 nitrogen and oxygen atoms in total. The Labute approximate surface area is 107 Å². The summed E-state index contributed by atoms with van der Waals surface area (Å²) < 4.78 is 10.3. The lowest BCUT2D eigenvalue weighted by atomic mass is 10.1. The van der Waals surface area contributed by atoms with Crippen molar-refractivity contribution in [3.8, 4) is 23.3 Å². The van der Waals surface area contributed by atoms with E-state index in [0.717, 1.165) is 19.3 Å². The number of rotatable bonds is 5. The summed E-state index contributed by atoms with van der Waals surface area (Å²) in [5, 5.41) is 3.01. The zero-order valence-electron chi connectivity index (χ0n) is 10.9. The van der Waals surface area contributed by atoms with Gasteiger partial charge in [-0.25, -0.2) is 0 Å². The molecule has 1 aromatic carbocycles. The van der Waals surface area contributed by atoms with Crippen molar-refractivity contribution in [3.63, 3.8) is 0 Å². The first-order chi connectivity index (χ1) is 8.76. The first-order valence-electron chi connectivity index (χ1n) is 5.61. The lowest BCUT2D eigenvalue weighted by molar-refractivity contribution is 0.112. The maximum Gasteiger partial charge on any atom is 0.162 e. The van der Waals surface area contributed by atoms with E-state index in [9.17, 15) is 4.79 Å². The summed E-state index contributed by atoms with van der Waals surface area (Å²) >= 11 is 0. The Bertz CT molecular complexity index is 472. The highest BCUT2D eigenvalue weighted by Crippen LogP contribution is 2.29. The van der Waals surface area contributed by atoms with Crippen LogP contribution in [0.5, 0.6) is 11.5 Å². The number of carbonyl (C=O) groups is 1. The van der Waals surface area contributed by atoms with Gasteiger partial charge in [-0.3, -0.25) is 4.79 Å². The fourth-order valence-corrected chi connectivity index (χ4v) is 1.45. The molecule has 0 radical (unpaired) electrons. The maximum absolute atomic E-state index is 11.0. The lowest BCUT2D eigenvalue weighted by Gasteiger charge is -2.09. The number of aldehydes is 1. The fourth-order valence-electron chi connectivity index (χ4n) is 1.45. The molecular weight excluding hydrogens is 230 g/mol. The molecule has 4 heteroatoms. The summed E-state index contributed by atoms with van der Waals surface area (Å²) in [6.45, 7) is 0.816. The molecule has 0 aliphatic carbocycles. The molecule has 0 unspecified atom stereocenters. The molecular formula is C14H17NO3. The second-order valence-electron chi connectivity index (χ2n) is 3.57. The molecule has 1 aromatic rings. The van der Waals surface area contributed by atoms with Crippen LogP contribution in [0.3, 0.4) is 0 Å². The Morgan fingerprint density at radius 1 is 1.28 bits per heavy atom. The molecule has 0 fully saturated rings. The van der Waals surface area contributed by atoms with Gasteiger partial charge in [-0.2, -0.15) is 0 Å². The first-order valence-corrected chi connectivity index (χ1v) is 5.61. The maximum atomic E-state index is 11.0. The summed E-state index contributed by atoms with van der Waals surface area (Å²) in [5.74, 6) is 7.07. The van der Waals surface area contributed by atoms with Crippen LogP contribution in [-0.4, -0.2) is 34.1 Å². The molecule has 0 atom stereocenters. The molecule has 1 N–H and O–H groups in total. The minimum absolute atomic E-state index is 0.504. The molecule has 0 saturated carbocycles. The van der Waals surface area contributed by atoms with Gasteiger partial charge in [0.25, 0.3) is 0 Å². The molecule has 0 amide bonds. The van der Waals surface area contributed by atoms with Crippen LogP contribution in [-0.2, 0) is 0 Å². The van der Waals surface area contributed by atoms with Crippen LogP contribution in [0.15, 0.2) is 12.1 Å². The largest absolute Gasteiger partial charge is 0.493 e. The minimum Gasteiger partial charge on any atom is -0.493 e. The van der Waals surface area contributed by atoms with Crippen LogP contribution in [0.2, 0.25) is 0 Å². The molecule has 0 aromatic heterocycles. The number of benzene rings is 1. The summed E-state index contributed by atoms with van der Waals surface area (Å²) in [5.41, 5.74) is 1.16. The average Bonchev–Trinajstić information content (AvgIpc) is 2.42. The van der Waals surface area contributed by atoms with E-state index in [4.69, 9.17) is 9.47 Å². The molecule has 0 heterocycles. The smallest absolute Gasteiger partial charge is 0.162 e. The molecule has 0 spiro atoms. The van der Waals surface area contributed by atoms with Crippen molar-refractivity contribution in [1.82, 2.24) is 5.32 Å². The Balaban J connectivity index is 3.08. The zero-order chi connectivity index (χ0) is 13.4. The zero-order valence-corrected chi connectivity index (χ0v) is 10.9. The lowest BCUT2D eigenvalue weighted by Crippen LogP contribution is -2.05. The molecule has 96 valence electrons. The first kappa shape index (κ1) is 14.1. The van der Waals surface area contributed by atoms with Gasteiger partial charge in [0.2, 0.25) is 0 Å². The second-order valence-corrected chi connectivity index (χ2v) is 3.57. The Morgan fingerprint density at radius 2 is 1.94 bits per heavy atom. The number of carbonyl (C=O) groups excluding carboxylic acids is 1. The Hall–Kier alpha value is -1.99. The van der Waals surface area contributed by atoms with Gasteiger partial charge >= 0.3 is 0 Å². The van der Waals surface area contributed by atoms with Crippen LogP contribution >= 0.6 is 0 Å².